The fraction of sp³-hybridized carbons (Fsp3) is 0.214. The summed E-state index contributed by atoms with van der Waals surface area (Å²) in [4.78, 5) is 26.8. The highest BCUT2D eigenvalue weighted by atomic mass is 16.4. The molecule has 1 heterocycles. The van der Waals surface area contributed by atoms with Crippen LogP contribution in [0, 0.1) is 0 Å². The minimum Gasteiger partial charge on any atom is -0.480 e. The molecule has 2 aromatic rings. The average molecular weight is 273 g/mol. The molecule has 0 aliphatic heterocycles. The lowest BCUT2D eigenvalue weighted by Gasteiger charge is -2.09. The Kier molecular flexibility index (Phi) is 4.27. The van der Waals surface area contributed by atoms with Gasteiger partial charge in [-0.3, -0.25) is 14.2 Å². The summed E-state index contributed by atoms with van der Waals surface area (Å²) in [5, 5.41) is 8.81. The minimum atomic E-state index is -1.10. The number of carboxylic acids is 1. The number of aromatic nitrogens is 2. The lowest BCUT2D eigenvalue weighted by Crippen LogP contribution is -2.33. The van der Waals surface area contributed by atoms with E-state index in [9.17, 15) is 9.59 Å². The summed E-state index contributed by atoms with van der Waals surface area (Å²) in [6.45, 7) is 0. The van der Waals surface area contributed by atoms with Gasteiger partial charge in [0.05, 0.1) is 6.42 Å². The van der Waals surface area contributed by atoms with Crippen molar-refractivity contribution >= 4 is 11.9 Å². The first-order valence-electron chi connectivity index (χ1n) is 6.14. The largest absolute Gasteiger partial charge is 0.480 e. The van der Waals surface area contributed by atoms with Gasteiger partial charge >= 0.3 is 5.97 Å². The Morgan fingerprint density at radius 1 is 1.30 bits per heavy atom. The number of nitrogens with zero attached hydrogens (tertiary/aromatic N) is 2. The van der Waals surface area contributed by atoms with Gasteiger partial charge in [-0.05, 0) is 5.56 Å². The fourth-order valence-electron chi connectivity index (χ4n) is 1.87. The molecule has 0 radical (unpaired) electrons. The van der Waals surface area contributed by atoms with Crippen LogP contribution in [-0.4, -0.2) is 32.6 Å². The second-order valence-corrected chi connectivity index (χ2v) is 4.46. The zero-order valence-corrected chi connectivity index (χ0v) is 10.8. The lowest BCUT2D eigenvalue weighted by molar-refractivity contribution is -0.138. The normalized spacial score (nSPS) is 12.1. The molecule has 0 aliphatic carbocycles. The highest BCUT2D eigenvalue weighted by Crippen LogP contribution is 2.07. The summed E-state index contributed by atoms with van der Waals surface area (Å²) >= 11 is 0. The van der Waals surface area contributed by atoms with Gasteiger partial charge in [0.1, 0.15) is 12.4 Å². The Morgan fingerprint density at radius 2 is 2.00 bits per heavy atom. The van der Waals surface area contributed by atoms with Crippen LogP contribution in [0.1, 0.15) is 16.1 Å². The van der Waals surface area contributed by atoms with Crippen LogP contribution in [0.3, 0.4) is 0 Å². The molecule has 1 atom stereocenters. The number of rotatable bonds is 5. The van der Waals surface area contributed by atoms with E-state index in [1.54, 1.807) is 0 Å². The maximum atomic E-state index is 12.2. The number of carboxylic acid groups (broad SMARTS) is 1. The van der Waals surface area contributed by atoms with E-state index in [1.807, 2.05) is 30.3 Å². The molecule has 0 saturated carbocycles. The van der Waals surface area contributed by atoms with Gasteiger partial charge in [0.15, 0.2) is 0 Å². The molecular formula is C14H15N3O3. The second kappa shape index (κ2) is 6.12. The molecule has 0 aliphatic rings. The highest BCUT2D eigenvalue weighted by molar-refractivity contribution is 5.82. The second-order valence-electron chi connectivity index (χ2n) is 4.46. The SMILES string of the molecule is NC(Cc1cncn1C(=O)Cc1ccccc1)C(=O)O. The maximum Gasteiger partial charge on any atom is 0.320 e. The van der Waals surface area contributed by atoms with Gasteiger partial charge < -0.3 is 10.8 Å². The Balaban J connectivity index is 2.11. The third kappa shape index (κ3) is 3.30. The van der Waals surface area contributed by atoms with Crippen LogP contribution in [-0.2, 0) is 17.6 Å². The van der Waals surface area contributed by atoms with Crippen LogP contribution in [0.25, 0.3) is 0 Å². The summed E-state index contributed by atoms with van der Waals surface area (Å²) in [5.41, 5.74) is 6.87. The van der Waals surface area contributed by atoms with Gasteiger partial charge in [-0.2, -0.15) is 0 Å². The summed E-state index contributed by atoms with van der Waals surface area (Å²) in [5.74, 6) is -1.27. The van der Waals surface area contributed by atoms with Gasteiger partial charge in [0.2, 0.25) is 5.91 Å². The average Bonchev–Trinajstić information content (AvgIpc) is 2.88. The standard InChI is InChI=1S/C14H15N3O3/c15-12(14(19)20)7-11-8-16-9-17(11)13(18)6-10-4-2-1-3-5-10/h1-5,8-9,12H,6-7,15H2,(H,19,20). The molecule has 0 fully saturated rings. The number of aliphatic carboxylic acids is 1. The molecule has 104 valence electrons. The molecule has 0 spiro atoms. The lowest BCUT2D eigenvalue weighted by atomic mass is 10.1. The van der Waals surface area contributed by atoms with Crippen molar-refractivity contribution in [3.05, 3.63) is 54.1 Å². The number of carbonyl (C=O) groups excluding carboxylic acids is 1. The summed E-state index contributed by atoms with van der Waals surface area (Å²) in [6, 6.07) is 8.27. The monoisotopic (exact) mass is 273 g/mol. The van der Waals surface area contributed by atoms with Crippen molar-refractivity contribution in [3.8, 4) is 0 Å². The van der Waals surface area contributed by atoms with E-state index in [2.05, 4.69) is 4.98 Å². The molecule has 1 aromatic carbocycles. The maximum absolute atomic E-state index is 12.2. The van der Waals surface area contributed by atoms with Gasteiger partial charge in [0, 0.05) is 18.3 Å². The van der Waals surface area contributed by atoms with Crippen LogP contribution in [0.5, 0.6) is 0 Å². The van der Waals surface area contributed by atoms with Crippen molar-refractivity contribution in [2.45, 2.75) is 18.9 Å². The number of imidazole rings is 1. The number of nitrogens with two attached hydrogens (primary N) is 1. The molecular weight excluding hydrogens is 258 g/mol. The Labute approximate surface area is 115 Å². The first-order valence-corrected chi connectivity index (χ1v) is 6.14. The van der Waals surface area contributed by atoms with Crippen molar-refractivity contribution < 1.29 is 14.7 Å². The van der Waals surface area contributed by atoms with Crippen LogP contribution in [0.2, 0.25) is 0 Å². The Morgan fingerprint density at radius 3 is 2.65 bits per heavy atom. The minimum absolute atomic E-state index is 0.0653. The number of benzene rings is 1. The molecule has 3 N–H and O–H groups in total. The van der Waals surface area contributed by atoms with Gasteiger partial charge in [0.25, 0.3) is 0 Å². The van der Waals surface area contributed by atoms with E-state index >= 15 is 0 Å². The molecule has 2 rings (SSSR count). The van der Waals surface area contributed by atoms with E-state index in [4.69, 9.17) is 10.8 Å². The van der Waals surface area contributed by atoms with Crippen molar-refractivity contribution in [3.63, 3.8) is 0 Å². The van der Waals surface area contributed by atoms with Crippen molar-refractivity contribution in [1.82, 2.24) is 9.55 Å². The first kappa shape index (κ1) is 14.0. The van der Waals surface area contributed by atoms with Crippen LogP contribution >= 0.6 is 0 Å². The third-order valence-electron chi connectivity index (χ3n) is 2.93. The zero-order valence-electron chi connectivity index (χ0n) is 10.8. The summed E-state index contributed by atoms with van der Waals surface area (Å²) in [6.07, 6.45) is 3.14. The van der Waals surface area contributed by atoms with E-state index in [1.165, 1.54) is 17.1 Å². The van der Waals surface area contributed by atoms with Crippen molar-refractivity contribution in [2.24, 2.45) is 5.73 Å². The quantitative estimate of drug-likeness (QED) is 0.836. The van der Waals surface area contributed by atoms with Gasteiger partial charge in [-0.1, -0.05) is 30.3 Å². The topological polar surface area (TPSA) is 98.2 Å². The number of hydrogen-bond donors (Lipinski definition) is 2. The summed E-state index contributed by atoms with van der Waals surface area (Å²) < 4.78 is 1.36. The predicted molar refractivity (Wildman–Crippen MR) is 72.3 cm³/mol. The number of carbonyl (C=O) groups is 2. The molecule has 0 saturated heterocycles. The molecule has 6 nitrogen and oxygen atoms in total. The van der Waals surface area contributed by atoms with Crippen LogP contribution in [0.15, 0.2) is 42.9 Å². The van der Waals surface area contributed by atoms with Crippen LogP contribution in [0.4, 0.5) is 0 Å². The molecule has 6 heteroatoms. The first-order chi connectivity index (χ1) is 9.58. The fourth-order valence-corrected chi connectivity index (χ4v) is 1.87. The third-order valence-corrected chi connectivity index (χ3v) is 2.93. The zero-order chi connectivity index (χ0) is 14.5. The van der Waals surface area contributed by atoms with Crippen molar-refractivity contribution in [2.75, 3.05) is 0 Å². The predicted octanol–water partition coefficient (Wildman–Crippen LogP) is 0.720. The Bertz CT molecular complexity index is 607. The van der Waals surface area contributed by atoms with Crippen LogP contribution < -0.4 is 5.73 Å². The van der Waals surface area contributed by atoms with Gasteiger partial charge in [-0.25, -0.2) is 4.98 Å². The molecule has 20 heavy (non-hydrogen) atoms. The van der Waals surface area contributed by atoms with E-state index < -0.39 is 12.0 Å². The highest BCUT2D eigenvalue weighted by Gasteiger charge is 2.17. The van der Waals surface area contributed by atoms with E-state index in [0.29, 0.717) is 5.69 Å². The molecule has 0 bridgehead atoms. The smallest absolute Gasteiger partial charge is 0.320 e. The molecule has 1 unspecified atom stereocenters. The summed E-state index contributed by atoms with van der Waals surface area (Å²) in [7, 11) is 0. The van der Waals surface area contributed by atoms with Gasteiger partial charge in [-0.15, -0.1) is 0 Å². The van der Waals surface area contributed by atoms with E-state index in [0.717, 1.165) is 5.56 Å². The Hall–Kier alpha value is -2.47. The van der Waals surface area contributed by atoms with E-state index in [-0.39, 0.29) is 18.7 Å². The van der Waals surface area contributed by atoms with Crippen molar-refractivity contribution in [1.29, 1.82) is 0 Å². The number of hydrogen-bond acceptors (Lipinski definition) is 4. The molecule has 0 amide bonds. The molecule has 1 aromatic heterocycles.